The number of ether oxygens (including phenoxy) is 1. The Balaban J connectivity index is 1.83. The molecular weight excluding hydrogens is 380 g/mol. The molecule has 1 aliphatic carbocycles. The van der Waals surface area contributed by atoms with Crippen molar-refractivity contribution in [2.24, 2.45) is 0 Å². The van der Waals surface area contributed by atoms with Crippen molar-refractivity contribution >= 4 is 22.8 Å². The third-order valence-corrected chi connectivity index (χ3v) is 5.47. The first kappa shape index (κ1) is 22.7. The maximum Gasteiger partial charge on any atom is 0.307 e. The van der Waals surface area contributed by atoms with Gasteiger partial charge in [-0.25, -0.2) is 0 Å². The zero-order valence-electron chi connectivity index (χ0n) is 18.6. The van der Waals surface area contributed by atoms with Gasteiger partial charge in [-0.2, -0.15) is 0 Å². The second-order valence-corrected chi connectivity index (χ2v) is 8.03. The lowest BCUT2D eigenvalue weighted by Crippen LogP contribution is -2.18. The number of fused-ring (bicyclic) bond motifs is 1. The lowest BCUT2D eigenvalue weighted by molar-refractivity contribution is -0.145. The van der Waals surface area contributed by atoms with Gasteiger partial charge in [0.1, 0.15) is 0 Å². The second kappa shape index (κ2) is 12.7. The van der Waals surface area contributed by atoms with Gasteiger partial charge >= 0.3 is 5.97 Å². The molecular formula is C29H32O2. The molecule has 0 spiro atoms. The molecule has 1 atom stereocenters. The summed E-state index contributed by atoms with van der Waals surface area (Å²) < 4.78 is 5.84. The summed E-state index contributed by atoms with van der Waals surface area (Å²) in [5.41, 5.74) is 1.84. The fourth-order valence-electron chi connectivity index (χ4n) is 3.71. The molecule has 0 aliphatic heterocycles. The number of benzene rings is 2. The van der Waals surface area contributed by atoms with Crippen molar-refractivity contribution in [1.29, 1.82) is 0 Å². The van der Waals surface area contributed by atoms with Crippen molar-refractivity contribution in [3.63, 3.8) is 0 Å². The lowest BCUT2D eigenvalue weighted by Gasteiger charge is -2.14. The van der Waals surface area contributed by atoms with E-state index >= 15 is 0 Å². The van der Waals surface area contributed by atoms with Crippen molar-refractivity contribution < 1.29 is 9.53 Å². The number of esters is 1. The summed E-state index contributed by atoms with van der Waals surface area (Å²) in [4.78, 5) is 12.5. The minimum absolute atomic E-state index is 0.182. The van der Waals surface area contributed by atoms with E-state index in [1.165, 1.54) is 24.6 Å². The van der Waals surface area contributed by atoms with E-state index in [1.807, 2.05) is 24.3 Å². The molecule has 0 heterocycles. The van der Waals surface area contributed by atoms with Crippen LogP contribution in [0, 0.1) is 23.7 Å². The highest BCUT2D eigenvalue weighted by molar-refractivity contribution is 5.91. The van der Waals surface area contributed by atoms with E-state index < -0.39 is 6.10 Å². The van der Waals surface area contributed by atoms with Crippen molar-refractivity contribution in [3.05, 3.63) is 53.6 Å². The van der Waals surface area contributed by atoms with E-state index in [0.717, 1.165) is 55.0 Å². The fraction of sp³-hybridized carbons (Fsp3) is 0.414. The topological polar surface area (TPSA) is 26.3 Å². The standard InChI is InChI=1S/C29H32O2/c1-2-3-4-7-12-22-29(30)31-28-21-11-9-6-5-8-10-17-26(28)23-25-19-15-18-24-16-13-14-20-27(24)25/h13-16,18-20,23,28H,2-9,12,22H2,1H3/b26-23-. The molecule has 31 heavy (non-hydrogen) atoms. The predicted molar refractivity (Wildman–Crippen MR) is 129 cm³/mol. The Morgan fingerprint density at radius 2 is 1.77 bits per heavy atom. The number of carbonyl (C=O) groups is 1. The van der Waals surface area contributed by atoms with Crippen LogP contribution >= 0.6 is 0 Å². The van der Waals surface area contributed by atoms with Gasteiger partial charge in [0, 0.05) is 19.3 Å². The van der Waals surface area contributed by atoms with Crippen LogP contribution in [0.3, 0.4) is 0 Å². The van der Waals surface area contributed by atoms with Gasteiger partial charge in [0.05, 0.1) is 5.57 Å². The molecule has 1 aliphatic rings. The van der Waals surface area contributed by atoms with Gasteiger partial charge in [0.15, 0.2) is 6.10 Å². The predicted octanol–water partition coefficient (Wildman–Crippen LogP) is 7.08. The average molecular weight is 413 g/mol. The van der Waals surface area contributed by atoms with Crippen molar-refractivity contribution in [3.8, 4) is 23.7 Å². The van der Waals surface area contributed by atoms with Gasteiger partial charge in [-0.15, -0.1) is 0 Å². The molecule has 0 radical (unpaired) electrons. The van der Waals surface area contributed by atoms with Crippen LogP contribution in [-0.2, 0) is 9.53 Å². The van der Waals surface area contributed by atoms with Gasteiger partial charge in [-0.1, -0.05) is 98.8 Å². The van der Waals surface area contributed by atoms with Crippen LogP contribution in [-0.4, -0.2) is 12.1 Å². The normalized spacial score (nSPS) is 17.3. The Kier molecular flexibility index (Phi) is 9.28. The maximum atomic E-state index is 12.5. The van der Waals surface area contributed by atoms with Crippen LogP contribution in [0.5, 0.6) is 0 Å². The SMILES string of the molecule is CCCCCCCC(=O)OC1C#CCCCCC#C/C1=C/c1cccc2ccccc12. The summed E-state index contributed by atoms with van der Waals surface area (Å²) in [5, 5.41) is 2.33. The number of hydrogen-bond acceptors (Lipinski definition) is 2. The summed E-state index contributed by atoms with van der Waals surface area (Å²) in [5.74, 6) is 12.8. The van der Waals surface area contributed by atoms with Gasteiger partial charge in [0.2, 0.25) is 0 Å². The van der Waals surface area contributed by atoms with E-state index in [9.17, 15) is 4.79 Å². The van der Waals surface area contributed by atoms with Crippen molar-refractivity contribution in [1.82, 2.24) is 0 Å². The second-order valence-electron chi connectivity index (χ2n) is 8.03. The first-order valence-corrected chi connectivity index (χ1v) is 11.6. The zero-order valence-corrected chi connectivity index (χ0v) is 18.6. The number of unbranched alkanes of at least 4 members (excludes halogenated alkanes) is 4. The van der Waals surface area contributed by atoms with Crippen LogP contribution < -0.4 is 0 Å². The summed E-state index contributed by atoms with van der Waals surface area (Å²) >= 11 is 0. The largest absolute Gasteiger partial charge is 0.443 e. The number of hydrogen-bond donors (Lipinski definition) is 0. The van der Waals surface area contributed by atoms with Crippen LogP contribution in [0.1, 0.15) is 76.7 Å². The first-order chi connectivity index (χ1) is 15.3. The maximum absolute atomic E-state index is 12.5. The molecule has 160 valence electrons. The van der Waals surface area contributed by atoms with Crippen LogP contribution in [0.25, 0.3) is 16.8 Å². The highest BCUT2D eigenvalue weighted by Crippen LogP contribution is 2.23. The first-order valence-electron chi connectivity index (χ1n) is 11.6. The van der Waals surface area contributed by atoms with Gasteiger partial charge in [-0.3, -0.25) is 4.79 Å². The zero-order chi connectivity index (χ0) is 21.7. The molecule has 0 aromatic heterocycles. The Bertz CT molecular complexity index is 1020. The minimum Gasteiger partial charge on any atom is -0.443 e. The number of carbonyl (C=O) groups excluding carboxylic acids is 1. The molecule has 2 aromatic rings. The van der Waals surface area contributed by atoms with Gasteiger partial charge < -0.3 is 4.74 Å². The smallest absolute Gasteiger partial charge is 0.307 e. The van der Waals surface area contributed by atoms with E-state index in [0.29, 0.717) is 6.42 Å². The van der Waals surface area contributed by atoms with E-state index in [1.54, 1.807) is 0 Å². The molecule has 2 aromatic carbocycles. The van der Waals surface area contributed by atoms with E-state index in [4.69, 9.17) is 4.74 Å². The van der Waals surface area contributed by atoms with E-state index in [2.05, 4.69) is 54.9 Å². The summed E-state index contributed by atoms with van der Waals surface area (Å²) in [6.45, 7) is 2.19. The van der Waals surface area contributed by atoms with Crippen LogP contribution in [0.4, 0.5) is 0 Å². The summed E-state index contributed by atoms with van der Waals surface area (Å²) in [6.07, 6.45) is 11.1. The quantitative estimate of drug-likeness (QED) is 0.263. The molecule has 2 nitrogen and oxygen atoms in total. The molecule has 0 saturated carbocycles. The molecule has 2 heteroatoms. The van der Waals surface area contributed by atoms with Gasteiger partial charge in [0.25, 0.3) is 0 Å². The molecule has 0 fully saturated rings. The molecule has 0 bridgehead atoms. The van der Waals surface area contributed by atoms with Crippen molar-refractivity contribution in [2.75, 3.05) is 0 Å². The Morgan fingerprint density at radius 1 is 1.00 bits per heavy atom. The summed E-state index contributed by atoms with van der Waals surface area (Å²) in [6, 6.07) is 14.5. The highest BCUT2D eigenvalue weighted by Gasteiger charge is 2.17. The van der Waals surface area contributed by atoms with Crippen LogP contribution in [0.15, 0.2) is 48.0 Å². The molecule has 0 saturated heterocycles. The molecule has 0 N–H and O–H groups in total. The third kappa shape index (κ3) is 7.34. The third-order valence-electron chi connectivity index (χ3n) is 5.47. The molecule has 1 unspecified atom stereocenters. The molecule has 3 rings (SSSR count). The monoisotopic (exact) mass is 412 g/mol. The van der Waals surface area contributed by atoms with Crippen molar-refractivity contribution in [2.45, 2.75) is 77.2 Å². The average Bonchev–Trinajstić information content (AvgIpc) is 2.79. The Hall–Kier alpha value is -2.97. The lowest BCUT2D eigenvalue weighted by atomic mass is 9.99. The molecule has 0 amide bonds. The Morgan fingerprint density at radius 3 is 2.65 bits per heavy atom. The summed E-state index contributed by atoms with van der Waals surface area (Å²) in [7, 11) is 0. The van der Waals surface area contributed by atoms with Crippen LogP contribution in [0.2, 0.25) is 0 Å². The minimum atomic E-state index is -0.604. The van der Waals surface area contributed by atoms with Gasteiger partial charge in [-0.05, 0) is 41.7 Å². The fourth-order valence-corrected chi connectivity index (χ4v) is 3.71. The highest BCUT2D eigenvalue weighted by atomic mass is 16.5. The number of rotatable bonds is 8. The Labute approximate surface area is 187 Å². The van der Waals surface area contributed by atoms with E-state index in [-0.39, 0.29) is 5.97 Å².